The van der Waals surface area contributed by atoms with Gasteiger partial charge < -0.3 is 9.64 Å². The molecule has 0 radical (unpaired) electrons. The molecule has 0 saturated carbocycles. The molecule has 0 spiro atoms. The summed E-state index contributed by atoms with van der Waals surface area (Å²) in [4.78, 5) is 14.3. The first-order chi connectivity index (χ1) is 9.02. The van der Waals surface area contributed by atoms with E-state index in [1.54, 1.807) is 7.11 Å². The Balaban J connectivity index is 2.16. The molecule has 1 aromatic carbocycles. The lowest BCUT2D eigenvalue weighted by Crippen LogP contribution is -2.46. The number of hydrogen-bond acceptors (Lipinski definition) is 2. The highest BCUT2D eigenvalue weighted by atomic mass is 79.9. The second-order valence-electron chi connectivity index (χ2n) is 4.85. The molecule has 0 aromatic heterocycles. The van der Waals surface area contributed by atoms with Gasteiger partial charge in [-0.1, -0.05) is 0 Å². The Morgan fingerprint density at radius 1 is 1.53 bits per heavy atom. The van der Waals surface area contributed by atoms with Crippen molar-refractivity contribution in [1.82, 2.24) is 4.90 Å². The molecule has 1 aromatic rings. The lowest BCUT2D eigenvalue weighted by Gasteiger charge is -2.37. The molecule has 19 heavy (non-hydrogen) atoms. The van der Waals surface area contributed by atoms with Crippen LogP contribution in [0.15, 0.2) is 22.7 Å². The highest BCUT2D eigenvalue weighted by Gasteiger charge is 2.30. The molecule has 5 heteroatoms. The number of carbonyl (C=O) groups excluding carboxylic acids is 1. The predicted molar refractivity (Wildman–Crippen MR) is 74.6 cm³/mol. The number of hydrogen-bond donors (Lipinski definition) is 0. The largest absolute Gasteiger partial charge is 0.381 e. The molecule has 2 rings (SSSR count). The van der Waals surface area contributed by atoms with Crippen LogP contribution in [0.4, 0.5) is 4.39 Å². The van der Waals surface area contributed by atoms with Crippen molar-refractivity contribution < 1.29 is 13.9 Å². The van der Waals surface area contributed by atoms with Crippen LogP contribution in [-0.4, -0.2) is 36.6 Å². The van der Waals surface area contributed by atoms with Gasteiger partial charge in [0.25, 0.3) is 5.91 Å². The van der Waals surface area contributed by atoms with Gasteiger partial charge in [0.2, 0.25) is 0 Å². The van der Waals surface area contributed by atoms with Gasteiger partial charge >= 0.3 is 0 Å². The van der Waals surface area contributed by atoms with E-state index in [9.17, 15) is 9.18 Å². The minimum atomic E-state index is -0.352. The molecule has 104 valence electrons. The molecule has 1 saturated heterocycles. The molecule has 0 aliphatic carbocycles. The molecule has 0 N–H and O–H groups in total. The number of halogens is 2. The first-order valence-electron chi connectivity index (χ1n) is 6.31. The molecule has 0 bridgehead atoms. The zero-order chi connectivity index (χ0) is 14.0. The molecule has 3 nitrogen and oxygen atoms in total. The van der Waals surface area contributed by atoms with Gasteiger partial charge in [0.1, 0.15) is 5.82 Å². The Hall–Kier alpha value is -0.940. The van der Waals surface area contributed by atoms with E-state index >= 15 is 0 Å². The van der Waals surface area contributed by atoms with Crippen LogP contribution >= 0.6 is 15.9 Å². The quantitative estimate of drug-likeness (QED) is 0.833. The summed E-state index contributed by atoms with van der Waals surface area (Å²) in [5.74, 6) is -0.413. The van der Waals surface area contributed by atoms with E-state index in [4.69, 9.17) is 4.74 Å². The van der Waals surface area contributed by atoms with Gasteiger partial charge in [-0.3, -0.25) is 4.79 Å². The van der Waals surface area contributed by atoms with Crippen molar-refractivity contribution in [3.8, 4) is 0 Å². The monoisotopic (exact) mass is 329 g/mol. The standard InChI is InChI=1S/C14H17BrFNO2/c1-9-7-11(19-2)5-6-17(9)14(18)12-4-3-10(16)8-13(12)15/h3-4,8-9,11H,5-7H2,1-2H3. The Morgan fingerprint density at radius 3 is 2.84 bits per heavy atom. The zero-order valence-electron chi connectivity index (χ0n) is 11.0. The summed E-state index contributed by atoms with van der Waals surface area (Å²) in [6.07, 6.45) is 1.89. The van der Waals surface area contributed by atoms with E-state index in [0.29, 0.717) is 16.6 Å². The summed E-state index contributed by atoms with van der Waals surface area (Å²) in [5.41, 5.74) is 0.504. The topological polar surface area (TPSA) is 29.5 Å². The van der Waals surface area contributed by atoms with Gasteiger partial charge in [-0.2, -0.15) is 0 Å². The Labute approximate surface area is 120 Å². The fourth-order valence-corrected chi connectivity index (χ4v) is 2.98. The summed E-state index contributed by atoms with van der Waals surface area (Å²) < 4.78 is 18.9. The predicted octanol–water partition coefficient (Wildman–Crippen LogP) is 3.23. The molecule has 2 unspecified atom stereocenters. The maximum Gasteiger partial charge on any atom is 0.255 e. The van der Waals surface area contributed by atoms with Crippen LogP contribution in [0, 0.1) is 5.82 Å². The van der Waals surface area contributed by atoms with E-state index in [0.717, 1.165) is 12.8 Å². The van der Waals surface area contributed by atoms with E-state index in [-0.39, 0.29) is 23.9 Å². The normalized spacial score (nSPS) is 23.5. The lowest BCUT2D eigenvalue weighted by molar-refractivity contribution is 0.0159. The van der Waals surface area contributed by atoms with Crippen LogP contribution in [0.2, 0.25) is 0 Å². The molecule has 1 aliphatic rings. The van der Waals surface area contributed by atoms with Crippen molar-refractivity contribution in [1.29, 1.82) is 0 Å². The van der Waals surface area contributed by atoms with Gasteiger partial charge in [-0.05, 0) is 53.9 Å². The van der Waals surface area contributed by atoms with Gasteiger partial charge in [0, 0.05) is 24.2 Å². The Morgan fingerprint density at radius 2 is 2.26 bits per heavy atom. The van der Waals surface area contributed by atoms with Crippen molar-refractivity contribution >= 4 is 21.8 Å². The number of nitrogens with zero attached hydrogens (tertiary/aromatic N) is 1. The van der Waals surface area contributed by atoms with Crippen LogP contribution in [0.1, 0.15) is 30.1 Å². The fraction of sp³-hybridized carbons (Fsp3) is 0.500. The molecule has 1 heterocycles. The third-order valence-corrected chi connectivity index (χ3v) is 4.24. The number of benzene rings is 1. The molecular weight excluding hydrogens is 313 g/mol. The molecular formula is C14H17BrFNO2. The van der Waals surface area contributed by atoms with Crippen LogP contribution in [0.3, 0.4) is 0 Å². The average Bonchev–Trinajstić information content (AvgIpc) is 2.37. The average molecular weight is 330 g/mol. The van der Waals surface area contributed by atoms with Crippen molar-refractivity contribution in [3.05, 3.63) is 34.1 Å². The van der Waals surface area contributed by atoms with Gasteiger partial charge in [0.05, 0.1) is 11.7 Å². The molecule has 1 amide bonds. The summed E-state index contributed by atoms with van der Waals surface area (Å²) in [7, 11) is 1.70. The fourth-order valence-electron chi connectivity index (χ4n) is 2.46. The van der Waals surface area contributed by atoms with E-state index in [2.05, 4.69) is 15.9 Å². The number of piperidine rings is 1. The smallest absolute Gasteiger partial charge is 0.255 e. The molecule has 2 atom stereocenters. The van der Waals surface area contributed by atoms with Gasteiger partial charge in [0.15, 0.2) is 0 Å². The molecule has 1 fully saturated rings. The first kappa shape index (κ1) is 14.5. The van der Waals surface area contributed by atoms with E-state index in [1.165, 1.54) is 18.2 Å². The number of likely N-dealkylation sites (tertiary alicyclic amines) is 1. The summed E-state index contributed by atoms with van der Waals surface area (Å²) in [6, 6.07) is 4.28. The van der Waals surface area contributed by atoms with Crippen LogP contribution in [-0.2, 0) is 4.74 Å². The highest BCUT2D eigenvalue weighted by Crippen LogP contribution is 2.25. The third kappa shape index (κ3) is 3.15. The summed E-state index contributed by atoms with van der Waals surface area (Å²) in [6.45, 7) is 2.68. The number of amides is 1. The van der Waals surface area contributed by atoms with Gasteiger partial charge in [-0.25, -0.2) is 4.39 Å². The molecule has 1 aliphatic heterocycles. The Bertz CT molecular complexity index is 481. The third-order valence-electron chi connectivity index (χ3n) is 3.58. The van der Waals surface area contributed by atoms with Crippen molar-refractivity contribution in [3.63, 3.8) is 0 Å². The minimum Gasteiger partial charge on any atom is -0.381 e. The van der Waals surface area contributed by atoms with Crippen LogP contribution in [0.25, 0.3) is 0 Å². The SMILES string of the molecule is COC1CCN(C(=O)c2ccc(F)cc2Br)C(C)C1. The number of ether oxygens (including phenoxy) is 1. The number of methoxy groups -OCH3 is 1. The zero-order valence-corrected chi connectivity index (χ0v) is 12.6. The van der Waals surface area contributed by atoms with Crippen molar-refractivity contribution in [2.24, 2.45) is 0 Å². The Kier molecular flexibility index (Phi) is 4.58. The van der Waals surface area contributed by atoms with Crippen molar-refractivity contribution in [2.75, 3.05) is 13.7 Å². The highest BCUT2D eigenvalue weighted by molar-refractivity contribution is 9.10. The van der Waals surface area contributed by atoms with Gasteiger partial charge in [-0.15, -0.1) is 0 Å². The summed E-state index contributed by atoms with van der Waals surface area (Å²) in [5, 5.41) is 0. The summed E-state index contributed by atoms with van der Waals surface area (Å²) >= 11 is 3.25. The maximum atomic E-state index is 13.1. The maximum absolute atomic E-state index is 13.1. The second-order valence-corrected chi connectivity index (χ2v) is 5.71. The van der Waals surface area contributed by atoms with Crippen LogP contribution in [0.5, 0.6) is 0 Å². The first-order valence-corrected chi connectivity index (χ1v) is 7.11. The van der Waals surface area contributed by atoms with Crippen LogP contribution < -0.4 is 0 Å². The van der Waals surface area contributed by atoms with E-state index in [1.807, 2.05) is 11.8 Å². The number of rotatable bonds is 2. The second kappa shape index (κ2) is 6.01. The van der Waals surface area contributed by atoms with Crippen molar-refractivity contribution in [2.45, 2.75) is 31.9 Å². The minimum absolute atomic E-state index is 0.0612. The van der Waals surface area contributed by atoms with E-state index < -0.39 is 0 Å². The lowest BCUT2D eigenvalue weighted by atomic mass is 9.99. The number of carbonyl (C=O) groups is 1.